The highest BCUT2D eigenvalue weighted by molar-refractivity contribution is 9.10. The van der Waals surface area contributed by atoms with Gasteiger partial charge in [0.15, 0.2) is 0 Å². The van der Waals surface area contributed by atoms with Crippen molar-refractivity contribution in [1.29, 1.82) is 0 Å². The Morgan fingerprint density at radius 1 is 1.36 bits per heavy atom. The summed E-state index contributed by atoms with van der Waals surface area (Å²) in [4.78, 5) is 10.9. The average molecular weight is 366 g/mol. The Kier molecular flexibility index (Phi) is 4.20. The van der Waals surface area contributed by atoms with Crippen LogP contribution < -0.4 is 4.74 Å². The van der Waals surface area contributed by atoms with Gasteiger partial charge in [-0.3, -0.25) is 0 Å². The van der Waals surface area contributed by atoms with Crippen molar-refractivity contribution in [2.24, 2.45) is 0 Å². The number of hydrogen-bond acceptors (Lipinski definition) is 4. The molecule has 1 aliphatic carbocycles. The third-order valence-corrected chi connectivity index (χ3v) is 4.68. The van der Waals surface area contributed by atoms with Gasteiger partial charge >= 0.3 is 5.97 Å². The van der Waals surface area contributed by atoms with Crippen LogP contribution in [0.5, 0.6) is 5.75 Å². The van der Waals surface area contributed by atoms with Crippen LogP contribution in [0.25, 0.3) is 11.3 Å². The zero-order valence-corrected chi connectivity index (χ0v) is 13.7. The lowest BCUT2D eigenvalue weighted by Gasteiger charge is -2.17. The summed E-state index contributed by atoms with van der Waals surface area (Å²) in [6.07, 6.45) is 4.74. The molecule has 3 rings (SSSR count). The van der Waals surface area contributed by atoms with E-state index < -0.39 is 5.97 Å². The summed E-state index contributed by atoms with van der Waals surface area (Å²) >= 11 is 3.54. The molecule has 0 spiro atoms. The fraction of sp³-hybridized carbons (Fsp3) is 0.375. The molecule has 116 valence electrons. The van der Waals surface area contributed by atoms with Crippen molar-refractivity contribution in [3.63, 3.8) is 0 Å². The number of methoxy groups -OCH3 is 1. The van der Waals surface area contributed by atoms with Crippen LogP contribution >= 0.6 is 15.9 Å². The van der Waals surface area contributed by atoms with Gasteiger partial charge in [0.05, 0.1) is 11.6 Å². The molecule has 0 atom stereocenters. The van der Waals surface area contributed by atoms with E-state index in [1.807, 2.05) is 12.1 Å². The lowest BCUT2D eigenvalue weighted by atomic mass is 9.94. The molecule has 0 unspecified atom stereocenters. The van der Waals surface area contributed by atoms with Crippen LogP contribution in [0, 0.1) is 0 Å². The smallest absolute Gasteiger partial charge is 0.374 e. The molecule has 1 aromatic heterocycles. The fourth-order valence-electron chi connectivity index (χ4n) is 3.03. The van der Waals surface area contributed by atoms with E-state index in [0.717, 1.165) is 34.2 Å². The second-order valence-corrected chi connectivity index (χ2v) is 6.30. The molecule has 1 N–H and O–H groups in total. The second kappa shape index (κ2) is 6.12. The molecule has 0 amide bonds. The van der Waals surface area contributed by atoms with E-state index in [1.165, 1.54) is 18.9 Å². The molecular weight excluding hydrogens is 350 g/mol. The molecular formula is C16H16BrNO4. The van der Waals surface area contributed by atoms with Crippen LogP contribution in [0.4, 0.5) is 0 Å². The normalized spacial score (nSPS) is 15.2. The van der Waals surface area contributed by atoms with Gasteiger partial charge in [-0.25, -0.2) is 4.79 Å². The number of carboxylic acids is 1. The largest absolute Gasteiger partial charge is 0.495 e. The van der Waals surface area contributed by atoms with Gasteiger partial charge in [0, 0.05) is 11.6 Å². The zero-order valence-electron chi connectivity index (χ0n) is 12.1. The maximum Gasteiger partial charge on any atom is 0.374 e. The highest BCUT2D eigenvalue weighted by Crippen LogP contribution is 2.43. The first-order chi connectivity index (χ1) is 10.6. The third-order valence-electron chi connectivity index (χ3n) is 4.09. The van der Waals surface area contributed by atoms with Gasteiger partial charge in [-0.05, 0) is 52.4 Å². The number of nitrogens with zero attached hydrogens (tertiary/aromatic N) is 1. The number of carbonyl (C=O) groups is 1. The third kappa shape index (κ3) is 2.75. The van der Waals surface area contributed by atoms with E-state index in [9.17, 15) is 4.79 Å². The fourth-order valence-corrected chi connectivity index (χ4v) is 3.67. The van der Waals surface area contributed by atoms with Gasteiger partial charge in [-0.2, -0.15) is 0 Å². The molecule has 1 aliphatic rings. The van der Waals surface area contributed by atoms with E-state index in [-0.39, 0.29) is 5.76 Å². The van der Waals surface area contributed by atoms with E-state index in [4.69, 9.17) is 14.4 Å². The van der Waals surface area contributed by atoms with Gasteiger partial charge in [-0.1, -0.05) is 18.0 Å². The van der Waals surface area contributed by atoms with E-state index in [0.29, 0.717) is 11.6 Å². The van der Waals surface area contributed by atoms with Gasteiger partial charge in [0.25, 0.3) is 0 Å². The quantitative estimate of drug-likeness (QED) is 0.865. The molecule has 1 fully saturated rings. The standard InChI is InChI=1S/C16H16BrNO4/c1-21-15-11(9-4-2-3-5-9)6-10(7-12(15)17)13-8-14(16(19)20)22-18-13/h6-9H,2-5H2,1H3,(H,19,20). The minimum Gasteiger partial charge on any atom is -0.495 e. The lowest BCUT2D eigenvalue weighted by molar-refractivity contribution is 0.0652. The predicted octanol–water partition coefficient (Wildman–Crippen LogP) is 4.47. The second-order valence-electron chi connectivity index (χ2n) is 5.44. The van der Waals surface area contributed by atoms with Crippen molar-refractivity contribution in [2.75, 3.05) is 7.11 Å². The van der Waals surface area contributed by atoms with Gasteiger partial charge in [0.1, 0.15) is 11.4 Å². The minimum absolute atomic E-state index is 0.163. The van der Waals surface area contributed by atoms with Crippen LogP contribution in [-0.4, -0.2) is 23.3 Å². The van der Waals surface area contributed by atoms with Crippen LogP contribution in [0.3, 0.4) is 0 Å². The van der Waals surface area contributed by atoms with Crippen LogP contribution in [0.1, 0.15) is 47.7 Å². The SMILES string of the molecule is COc1c(Br)cc(-c2cc(C(=O)O)on2)cc1C1CCCC1. The predicted molar refractivity (Wildman–Crippen MR) is 84.4 cm³/mol. The van der Waals surface area contributed by atoms with E-state index in [1.54, 1.807) is 7.11 Å². The Labute approximate surface area is 136 Å². The summed E-state index contributed by atoms with van der Waals surface area (Å²) in [6.45, 7) is 0. The van der Waals surface area contributed by atoms with Crippen molar-refractivity contribution < 1.29 is 19.2 Å². The van der Waals surface area contributed by atoms with Crippen LogP contribution in [-0.2, 0) is 0 Å². The zero-order chi connectivity index (χ0) is 15.7. The number of halogens is 1. The van der Waals surface area contributed by atoms with Crippen molar-refractivity contribution in [3.05, 3.63) is 34.0 Å². The molecule has 0 saturated heterocycles. The lowest BCUT2D eigenvalue weighted by Crippen LogP contribution is -1.99. The first-order valence-electron chi connectivity index (χ1n) is 7.18. The maximum atomic E-state index is 10.9. The first-order valence-corrected chi connectivity index (χ1v) is 7.97. The van der Waals surface area contributed by atoms with Crippen LogP contribution in [0.15, 0.2) is 27.2 Å². The molecule has 1 heterocycles. The molecule has 6 heteroatoms. The first kappa shape index (κ1) is 15.1. The topological polar surface area (TPSA) is 72.6 Å². The highest BCUT2D eigenvalue weighted by atomic mass is 79.9. The summed E-state index contributed by atoms with van der Waals surface area (Å²) in [6, 6.07) is 5.35. The number of carboxylic acid groups (broad SMARTS) is 1. The Morgan fingerprint density at radius 2 is 2.09 bits per heavy atom. The van der Waals surface area contributed by atoms with Crippen molar-refractivity contribution in [1.82, 2.24) is 5.16 Å². The molecule has 22 heavy (non-hydrogen) atoms. The number of ether oxygens (including phenoxy) is 1. The van der Waals surface area contributed by atoms with Gasteiger partial charge < -0.3 is 14.4 Å². The maximum absolute atomic E-state index is 10.9. The molecule has 0 aliphatic heterocycles. The van der Waals surface area contributed by atoms with Gasteiger partial charge in [-0.15, -0.1) is 0 Å². The summed E-state index contributed by atoms with van der Waals surface area (Å²) in [5, 5.41) is 12.8. The van der Waals surface area contributed by atoms with E-state index in [2.05, 4.69) is 21.1 Å². The molecule has 1 saturated carbocycles. The number of benzene rings is 1. The number of hydrogen-bond donors (Lipinski definition) is 1. The molecule has 0 radical (unpaired) electrons. The van der Waals surface area contributed by atoms with Gasteiger partial charge in [0.2, 0.25) is 5.76 Å². The summed E-state index contributed by atoms with van der Waals surface area (Å²) < 4.78 is 11.2. The highest BCUT2D eigenvalue weighted by Gasteiger charge is 2.24. The Bertz CT molecular complexity index is 704. The molecule has 1 aromatic carbocycles. The summed E-state index contributed by atoms with van der Waals surface area (Å²) in [7, 11) is 1.66. The summed E-state index contributed by atoms with van der Waals surface area (Å²) in [5.74, 6) is 0.0290. The van der Waals surface area contributed by atoms with Crippen molar-refractivity contribution >= 4 is 21.9 Å². The number of aromatic carboxylic acids is 1. The average Bonchev–Trinajstić information content (AvgIpc) is 3.18. The summed E-state index contributed by atoms with van der Waals surface area (Å²) in [5.41, 5.74) is 2.48. The number of aromatic nitrogens is 1. The van der Waals surface area contributed by atoms with Crippen molar-refractivity contribution in [2.45, 2.75) is 31.6 Å². The minimum atomic E-state index is -1.12. The van der Waals surface area contributed by atoms with E-state index >= 15 is 0 Å². The monoisotopic (exact) mass is 365 g/mol. The molecule has 0 bridgehead atoms. The Hall–Kier alpha value is -1.82. The Morgan fingerprint density at radius 3 is 2.68 bits per heavy atom. The Balaban J connectivity index is 2.06. The molecule has 2 aromatic rings. The number of rotatable bonds is 4. The van der Waals surface area contributed by atoms with Crippen LogP contribution in [0.2, 0.25) is 0 Å². The molecule has 5 nitrogen and oxygen atoms in total. The van der Waals surface area contributed by atoms with Crippen molar-refractivity contribution in [3.8, 4) is 17.0 Å².